The van der Waals surface area contributed by atoms with Crippen molar-refractivity contribution in [1.82, 2.24) is 0 Å². The van der Waals surface area contributed by atoms with Crippen molar-refractivity contribution >= 4 is 51.6 Å². The molecule has 2 N–H and O–H groups in total. The molecule has 0 aromatic heterocycles. The molecule has 0 atom stereocenters. The number of esters is 1. The molecule has 0 radical (unpaired) electrons. The summed E-state index contributed by atoms with van der Waals surface area (Å²) in [6, 6.07) is 0. The summed E-state index contributed by atoms with van der Waals surface area (Å²) < 4.78 is 32.7. The average Bonchev–Trinajstić information content (AvgIpc) is 1.98. The molecule has 0 heterocycles. The van der Waals surface area contributed by atoms with Crippen LogP contribution in [-0.2, 0) is 24.4 Å². The van der Waals surface area contributed by atoms with E-state index in [0.717, 1.165) is 0 Å². The second kappa shape index (κ2) is 7.83. The number of hydrogen-bond acceptors (Lipinski definition) is 5. The van der Waals surface area contributed by atoms with Crippen LogP contribution in [0, 0.1) is 0 Å². The molecule has 0 unspecified atom stereocenters. The van der Waals surface area contributed by atoms with Gasteiger partial charge in [0, 0.05) is 12.2 Å². The van der Waals surface area contributed by atoms with Gasteiger partial charge in [-0.05, 0) is 0 Å². The van der Waals surface area contributed by atoms with Gasteiger partial charge in [-0.15, -0.1) is 0 Å². The van der Waals surface area contributed by atoms with Gasteiger partial charge in [-0.1, -0.05) is 0 Å². The molecule has 0 aliphatic carbocycles. The van der Waals surface area contributed by atoms with E-state index in [1.165, 1.54) is 0 Å². The van der Waals surface area contributed by atoms with Gasteiger partial charge in [0.05, 0.1) is 0 Å². The molecule has 15 heavy (non-hydrogen) atoms. The number of carbonyl (C=O) groups is 2. The quantitative estimate of drug-likeness (QED) is 0.260. The zero-order chi connectivity index (χ0) is 11.2. The zero-order valence-corrected chi connectivity index (χ0v) is 7.73. The van der Waals surface area contributed by atoms with Crippen molar-refractivity contribution in [1.29, 1.82) is 0 Å². The maximum absolute atomic E-state index is 10.6. The molecular formula is C6H9NaO7S. The fraction of sp³-hybridized carbons (Fsp3) is 0.333. The number of ether oxygens (including phenoxy) is 1. The van der Waals surface area contributed by atoms with E-state index in [9.17, 15) is 18.0 Å². The van der Waals surface area contributed by atoms with E-state index in [4.69, 9.17) is 9.66 Å². The number of rotatable bonds is 5. The first-order chi connectivity index (χ1) is 6.31. The molecule has 7 nitrogen and oxygen atoms in total. The van der Waals surface area contributed by atoms with Crippen LogP contribution in [0.4, 0.5) is 0 Å². The SMILES string of the molecule is O=C(O)/C=C\C(=O)OCCS(=O)(=O)O.[NaH]. The third-order valence-corrected chi connectivity index (χ3v) is 1.63. The molecule has 0 aliphatic rings. The van der Waals surface area contributed by atoms with Crippen LogP contribution in [0.5, 0.6) is 0 Å². The Labute approximate surface area is 108 Å². The Morgan fingerprint density at radius 1 is 1.27 bits per heavy atom. The van der Waals surface area contributed by atoms with Crippen LogP contribution in [0.3, 0.4) is 0 Å². The predicted molar refractivity (Wildman–Crippen MR) is 51.3 cm³/mol. The van der Waals surface area contributed by atoms with E-state index < -0.39 is 34.4 Å². The summed E-state index contributed by atoms with van der Waals surface area (Å²) in [5.41, 5.74) is 0. The van der Waals surface area contributed by atoms with Crippen LogP contribution in [0.15, 0.2) is 12.2 Å². The molecule has 0 aromatic carbocycles. The summed E-state index contributed by atoms with van der Waals surface area (Å²) >= 11 is 0. The summed E-state index contributed by atoms with van der Waals surface area (Å²) in [5.74, 6) is -3.03. The Morgan fingerprint density at radius 2 is 1.80 bits per heavy atom. The molecule has 0 amide bonds. The summed E-state index contributed by atoms with van der Waals surface area (Å²) in [6.45, 7) is -0.526. The third kappa shape index (κ3) is 13.6. The fourth-order valence-corrected chi connectivity index (χ4v) is 0.729. The number of aliphatic carboxylic acids is 1. The number of carboxylic acids is 1. The number of carbonyl (C=O) groups excluding carboxylic acids is 1. The first kappa shape index (κ1) is 17.0. The minimum atomic E-state index is -4.17. The molecule has 0 rings (SSSR count). The molecule has 0 saturated carbocycles. The Hall–Kier alpha value is -0.410. The maximum atomic E-state index is 10.6. The van der Waals surface area contributed by atoms with Crippen molar-refractivity contribution < 1.29 is 32.4 Å². The van der Waals surface area contributed by atoms with Crippen molar-refractivity contribution in [3.8, 4) is 0 Å². The van der Waals surface area contributed by atoms with E-state index in [1.54, 1.807) is 0 Å². The zero-order valence-electron chi connectivity index (χ0n) is 6.91. The molecule has 0 aromatic rings. The monoisotopic (exact) mass is 248 g/mol. The molecule has 82 valence electrons. The van der Waals surface area contributed by atoms with Crippen LogP contribution < -0.4 is 0 Å². The van der Waals surface area contributed by atoms with Crippen LogP contribution >= 0.6 is 0 Å². The van der Waals surface area contributed by atoms with E-state index in [1.807, 2.05) is 0 Å². The van der Waals surface area contributed by atoms with Crippen molar-refractivity contribution in [2.75, 3.05) is 12.4 Å². The first-order valence-corrected chi connectivity index (χ1v) is 4.95. The van der Waals surface area contributed by atoms with Crippen molar-refractivity contribution in [2.24, 2.45) is 0 Å². The van der Waals surface area contributed by atoms with Gasteiger partial charge in [-0.3, -0.25) is 4.55 Å². The predicted octanol–water partition coefficient (Wildman–Crippen LogP) is -1.59. The van der Waals surface area contributed by atoms with Gasteiger partial charge in [0.1, 0.15) is 12.4 Å². The summed E-state index contributed by atoms with van der Waals surface area (Å²) in [5, 5.41) is 8.09. The molecule has 0 aliphatic heterocycles. The summed E-state index contributed by atoms with van der Waals surface area (Å²) in [6.07, 6.45) is 1.18. The second-order valence-corrected chi connectivity index (χ2v) is 3.70. The first-order valence-electron chi connectivity index (χ1n) is 3.34. The van der Waals surface area contributed by atoms with Gasteiger partial charge in [-0.2, -0.15) is 8.42 Å². The molecule has 0 bridgehead atoms. The van der Waals surface area contributed by atoms with Gasteiger partial charge in [-0.25, -0.2) is 9.59 Å². The van der Waals surface area contributed by atoms with E-state index in [-0.39, 0.29) is 29.6 Å². The van der Waals surface area contributed by atoms with Gasteiger partial charge in [0.25, 0.3) is 10.1 Å². The third-order valence-electron chi connectivity index (χ3n) is 0.948. The topological polar surface area (TPSA) is 118 Å². The van der Waals surface area contributed by atoms with E-state index in [2.05, 4.69) is 4.74 Å². The van der Waals surface area contributed by atoms with E-state index in [0.29, 0.717) is 12.2 Å². The average molecular weight is 248 g/mol. The van der Waals surface area contributed by atoms with Crippen molar-refractivity contribution in [3.05, 3.63) is 12.2 Å². The standard InChI is InChI=1S/C6H8O7S.Na.H/c7-5(8)1-2-6(9)13-3-4-14(10,11)12;;/h1-2H,3-4H2,(H,7,8)(H,10,11,12);;/b2-1-;;. The second-order valence-electron chi connectivity index (χ2n) is 2.13. The molecule has 0 fully saturated rings. The van der Waals surface area contributed by atoms with Crippen molar-refractivity contribution in [3.63, 3.8) is 0 Å². The minimum absolute atomic E-state index is 0. The van der Waals surface area contributed by atoms with Gasteiger partial charge in [0.2, 0.25) is 0 Å². The van der Waals surface area contributed by atoms with Crippen LogP contribution in [0.25, 0.3) is 0 Å². The fourth-order valence-electron chi connectivity index (χ4n) is 0.435. The summed E-state index contributed by atoms with van der Waals surface area (Å²) in [4.78, 5) is 20.5. The van der Waals surface area contributed by atoms with Gasteiger partial charge >= 0.3 is 41.5 Å². The Morgan fingerprint density at radius 3 is 2.20 bits per heavy atom. The summed E-state index contributed by atoms with van der Waals surface area (Å²) in [7, 11) is -4.17. The molecule has 9 heteroatoms. The Balaban J connectivity index is 0. The molecular weight excluding hydrogens is 239 g/mol. The Bertz CT molecular complexity index is 344. The van der Waals surface area contributed by atoms with Crippen LogP contribution in [0.2, 0.25) is 0 Å². The number of hydrogen-bond donors (Lipinski definition) is 2. The molecule has 0 spiro atoms. The van der Waals surface area contributed by atoms with E-state index >= 15 is 0 Å². The van der Waals surface area contributed by atoms with Crippen LogP contribution in [0.1, 0.15) is 0 Å². The number of carboxylic acid groups (broad SMARTS) is 1. The van der Waals surface area contributed by atoms with Crippen molar-refractivity contribution in [2.45, 2.75) is 0 Å². The normalized spacial score (nSPS) is 10.7. The molecule has 0 saturated heterocycles. The van der Waals surface area contributed by atoms with Gasteiger partial charge in [0.15, 0.2) is 0 Å². The van der Waals surface area contributed by atoms with Crippen LogP contribution in [-0.4, -0.2) is 71.9 Å². The Kier molecular flexibility index (Phi) is 8.87. The van der Waals surface area contributed by atoms with Gasteiger partial charge < -0.3 is 9.84 Å².